The maximum Gasteiger partial charge on any atom is 0.241 e. The molecule has 0 saturated carbocycles. The van der Waals surface area contributed by atoms with Gasteiger partial charge >= 0.3 is 0 Å². The lowest BCUT2D eigenvalue weighted by atomic mass is 10.1. The number of likely N-dealkylation sites (tertiary alicyclic amines) is 1. The number of rotatable bonds is 4. The van der Waals surface area contributed by atoms with Gasteiger partial charge in [0.25, 0.3) is 0 Å². The molecular weight excluding hydrogens is 288 g/mol. The van der Waals surface area contributed by atoms with E-state index in [0.29, 0.717) is 11.1 Å². The van der Waals surface area contributed by atoms with Crippen LogP contribution in [0.3, 0.4) is 0 Å². The van der Waals surface area contributed by atoms with Crippen molar-refractivity contribution < 1.29 is 13.5 Å². The fourth-order valence-corrected chi connectivity index (χ4v) is 4.33. The summed E-state index contributed by atoms with van der Waals surface area (Å²) in [6.45, 7) is 5.32. The van der Waals surface area contributed by atoms with E-state index in [0.717, 1.165) is 31.5 Å². The Kier molecular flexibility index (Phi) is 5.03. The topological polar surface area (TPSA) is 69.6 Å². The van der Waals surface area contributed by atoms with Gasteiger partial charge in [-0.15, -0.1) is 0 Å². The van der Waals surface area contributed by atoms with E-state index in [-0.39, 0.29) is 17.5 Å². The molecule has 0 bridgehead atoms. The SMILES string of the molecule is Cc1cc(C)c(S(=O)(=O)NC2CCN(C)CC2)cc1CO. The molecule has 0 aromatic heterocycles. The Morgan fingerprint density at radius 1 is 1.24 bits per heavy atom. The van der Waals surface area contributed by atoms with Crippen LogP contribution < -0.4 is 4.72 Å². The Bertz CT molecular complexity index is 606. The van der Waals surface area contributed by atoms with Crippen LogP contribution in [0, 0.1) is 13.8 Å². The molecule has 21 heavy (non-hydrogen) atoms. The molecule has 0 aliphatic carbocycles. The molecule has 0 radical (unpaired) electrons. The van der Waals surface area contributed by atoms with E-state index in [2.05, 4.69) is 9.62 Å². The summed E-state index contributed by atoms with van der Waals surface area (Å²) in [5.74, 6) is 0. The highest BCUT2D eigenvalue weighted by Gasteiger charge is 2.25. The first-order valence-electron chi connectivity index (χ1n) is 7.25. The number of hydrogen-bond donors (Lipinski definition) is 2. The average molecular weight is 312 g/mol. The average Bonchev–Trinajstić information content (AvgIpc) is 2.41. The molecule has 0 amide bonds. The molecule has 1 aromatic rings. The number of aryl methyl sites for hydroxylation is 2. The minimum atomic E-state index is -3.54. The molecule has 1 aromatic carbocycles. The molecule has 6 heteroatoms. The van der Waals surface area contributed by atoms with E-state index in [1.54, 1.807) is 13.0 Å². The maximum atomic E-state index is 12.6. The zero-order valence-electron chi connectivity index (χ0n) is 12.9. The number of nitrogens with zero attached hydrogens (tertiary/aromatic N) is 1. The van der Waals surface area contributed by atoms with Gasteiger partial charge in [-0.25, -0.2) is 13.1 Å². The summed E-state index contributed by atoms with van der Waals surface area (Å²) in [4.78, 5) is 2.47. The lowest BCUT2D eigenvalue weighted by Gasteiger charge is -2.29. The summed E-state index contributed by atoms with van der Waals surface area (Å²) in [5.41, 5.74) is 2.28. The third kappa shape index (κ3) is 3.83. The van der Waals surface area contributed by atoms with E-state index in [1.165, 1.54) is 0 Å². The fourth-order valence-electron chi connectivity index (χ4n) is 2.74. The normalized spacial score (nSPS) is 18.1. The van der Waals surface area contributed by atoms with Gasteiger partial charge in [0.05, 0.1) is 11.5 Å². The Balaban J connectivity index is 2.23. The smallest absolute Gasteiger partial charge is 0.241 e. The summed E-state index contributed by atoms with van der Waals surface area (Å²) in [6.07, 6.45) is 1.65. The minimum absolute atomic E-state index is 0.00974. The van der Waals surface area contributed by atoms with Crippen LogP contribution in [0.1, 0.15) is 29.5 Å². The van der Waals surface area contributed by atoms with Crippen molar-refractivity contribution in [3.8, 4) is 0 Å². The Morgan fingerprint density at radius 2 is 1.86 bits per heavy atom. The predicted octanol–water partition coefficient (Wildman–Crippen LogP) is 1.17. The molecule has 1 heterocycles. The van der Waals surface area contributed by atoms with Gasteiger partial charge in [-0.1, -0.05) is 6.07 Å². The number of piperidine rings is 1. The highest BCUT2D eigenvalue weighted by Crippen LogP contribution is 2.22. The summed E-state index contributed by atoms with van der Waals surface area (Å²) in [5, 5.41) is 9.33. The largest absolute Gasteiger partial charge is 0.392 e. The lowest BCUT2D eigenvalue weighted by molar-refractivity contribution is 0.248. The summed E-state index contributed by atoms with van der Waals surface area (Å²) in [7, 11) is -1.49. The second-order valence-corrected chi connectivity index (χ2v) is 7.58. The van der Waals surface area contributed by atoms with Crippen LogP contribution in [0.5, 0.6) is 0 Å². The van der Waals surface area contributed by atoms with Crippen LogP contribution >= 0.6 is 0 Å². The number of aliphatic hydroxyl groups excluding tert-OH is 1. The van der Waals surface area contributed by atoms with Gasteiger partial charge in [-0.3, -0.25) is 0 Å². The Labute approximate surface area is 127 Å². The van der Waals surface area contributed by atoms with Gasteiger partial charge in [-0.2, -0.15) is 0 Å². The molecule has 1 fully saturated rings. The number of hydrogen-bond acceptors (Lipinski definition) is 4. The number of sulfonamides is 1. The zero-order valence-corrected chi connectivity index (χ0v) is 13.7. The van der Waals surface area contributed by atoms with Crippen molar-refractivity contribution in [3.05, 3.63) is 28.8 Å². The van der Waals surface area contributed by atoms with E-state index in [1.807, 2.05) is 20.0 Å². The van der Waals surface area contributed by atoms with Crippen LogP contribution in [0.4, 0.5) is 0 Å². The van der Waals surface area contributed by atoms with E-state index in [9.17, 15) is 13.5 Å². The van der Waals surface area contributed by atoms with Gasteiger partial charge in [0.1, 0.15) is 0 Å². The van der Waals surface area contributed by atoms with Crippen LogP contribution in [0.15, 0.2) is 17.0 Å². The van der Waals surface area contributed by atoms with Gasteiger partial charge in [0, 0.05) is 6.04 Å². The van der Waals surface area contributed by atoms with Crippen LogP contribution in [-0.2, 0) is 16.6 Å². The Morgan fingerprint density at radius 3 is 2.43 bits per heavy atom. The number of benzene rings is 1. The molecule has 0 atom stereocenters. The molecule has 0 unspecified atom stereocenters. The van der Waals surface area contributed by atoms with Crippen LogP contribution in [0.2, 0.25) is 0 Å². The summed E-state index contributed by atoms with van der Waals surface area (Å²) < 4.78 is 28.0. The zero-order chi connectivity index (χ0) is 15.6. The van der Waals surface area contributed by atoms with Gasteiger partial charge in [0.2, 0.25) is 10.0 Å². The third-order valence-electron chi connectivity index (χ3n) is 4.13. The van der Waals surface area contributed by atoms with E-state index in [4.69, 9.17) is 0 Å². The van der Waals surface area contributed by atoms with E-state index >= 15 is 0 Å². The first-order chi connectivity index (χ1) is 9.83. The highest BCUT2D eigenvalue weighted by molar-refractivity contribution is 7.89. The fraction of sp³-hybridized carbons (Fsp3) is 0.600. The van der Waals surface area contributed by atoms with Gasteiger partial charge in [0.15, 0.2) is 0 Å². The van der Waals surface area contributed by atoms with Crippen molar-refractivity contribution in [1.29, 1.82) is 0 Å². The third-order valence-corrected chi connectivity index (χ3v) is 5.80. The molecule has 2 rings (SSSR count). The van der Waals surface area contributed by atoms with Crippen molar-refractivity contribution >= 4 is 10.0 Å². The van der Waals surface area contributed by atoms with Crippen molar-refractivity contribution in [2.24, 2.45) is 0 Å². The molecule has 118 valence electrons. The summed E-state index contributed by atoms with van der Waals surface area (Å²) >= 11 is 0. The van der Waals surface area contributed by atoms with Crippen molar-refractivity contribution in [2.45, 2.75) is 44.2 Å². The highest BCUT2D eigenvalue weighted by atomic mass is 32.2. The molecular formula is C15H24N2O3S. The van der Waals surface area contributed by atoms with Gasteiger partial charge < -0.3 is 10.0 Å². The van der Waals surface area contributed by atoms with E-state index < -0.39 is 10.0 Å². The monoisotopic (exact) mass is 312 g/mol. The first kappa shape index (κ1) is 16.4. The molecule has 1 aliphatic rings. The van der Waals surface area contributed by atoms with Crippen LogP contribution in [-0.4, -0.2) is 44.6 Å². The standard InChI is InChI=1S/C15H24N2O3S/c1-11-8-12(2)15(9-13(11)10-18)21(19,20)16-14-4-6-17(3)7-5-14/h8-9,14,16,18H,4-7,10H2,1-3H3. The first-order valence-corrected chi connectivity index (χ1v) is 8.73. The maximum absolute atomic E-state index is 12.6. The quantitative estimate of drug-likeness (QED) is 0.875. The summed E-state index contributed by atoms with van der Waals surface area (Å²) in [6, 6.07) is 3.39. The van der Waals surface area contributed by atoms with Crippen molar-refractivity contribution in [1.82, 2.24) is 9.62 Å². The molecule has 5 nitrogen and oxygen atoms in total. The minimum Gasteiger partial charge on any atom is -0.392 e. The van der Waals surface area contributed by atoms with Crippen molar-refractivity contribution in [2.75, 3.05) is 20.1 Å². The number of aliphatic hydroxyl groups is 1. The Hall–Kier alpha value is -0.950. The molecule has 2 N–H and O–H groups in total. The second-order valence-electron chi connectivity index (χ2n) is 5.90. The molecule has 1 aliphatic heterocycles. The van der Waals surface area contributed by atoms with Crippen LogP contribution in [0.25, 0.3) is 0 Å². The van der Waals surface area contributed by atoms with Crippen molar-refractivity contribution in [3.63, 3.8) is 0 Å². The second kappa shape index (κ2) is 6.44. The molecule has 0 spiro atoms. The predicted molar refractivity (Wildman–Crippen MR) is 82.7 cm³/mol. The van der Waals surface area contributed by atoms with Gasteiger partial charge in [-0.05, 0) is 69.6 Å². The lowest BCUT2D eigenvalue weighted by Crippen LogP contribution is -2.43. The molecule has 1 saturated heterocycles. The number of nitrogens with one attached hydrogen (secondary N) is 1.